The Morgan fingerprint density at radius 1 is 1.00 bits per heavy atom. The average Bonchev–Trinajstić information content (AvgIpc) is 2.61. The van der Waals surface area contributed by atoms with Gasteiger partial charge in [-0.1, -0.05) is 6.42 Å². The van der Waals surface area contributed by atoms with Gasteiger partial charge in [0.1, 0.15) is 0 Å². The van der Waals surface area contributed by atoms with Crippen LogP contribution in [0.4, 0.5) is 4.79 Å². The molecule has 0 N–H and O–H groups in total. The molecule has 0 aliphatic carbocycles. The lowest BCUT2D eigenvalue weighted by Gasteiger charge is -2.33. The number of amides is 3. The molecule has 0 aromatic carbocycles. The van der Waals surface area contributed by atoms with Gasteiger partial charge in [-0.25, -0.2) is 9.80 Å². The molecule has 0 bridgehead atoms. The summed E-state index contributed by atoms with van der Waals surface area (Å²) < 4.78 is 0. The summed E-state index contributed by atoms with van der Waals surface area (Å²) in [7, 11) is 0. The number of carbonyl (C=O) groups is 2. The Balaban J connectivity index is 1.97. The summed E-state index contributed by atoms with van der Waals surface area (Å²) in [4.78, 5) is 23.4. The van der Waals surface area contributed by atoms with Crippen molar-refractivity contribution in [2.75, 3.05) is 26.2 Å². The molecule has 0 radical (unpaired) electrons. The van der Waals surface area contributed by atoms with Gasteiger partial charge in [-0.05, 0) is 12.8 Å². The van der Waals surface area contributed by atoms with Crippen LogP contribution in [0.25, 0.3) is 0 Å². The molecule has 2 heterocycles. The molecule has 0 spiro atoms. The highest BCUT2D eigenvalue weighted by molar-refractivity contribution is 5.86. The highest BCUT2D eigenvalue weighted by Gasteiger charge is 2.32. The van der Waals surface area contributed by atoms with E-state index in [1.165, 1.54) is 11.3 Å². The third-order valence-corrected chi connectivity index (χ3v) is 2.82. The predicted molar refractivity (Wildman–Crippen MR) is 50.3 cm³/mol. The first-order valence-corrected chi connectivity index (χ1v) is 5.11. The fraction of sp³-hybridized carbons (Fsp3) is 0.778. The van der Waals surface area contributed by atoms with E-state index in [0.717, 1.165) is 25.9 Å². The van der Waals surface area contributed by atoms with E-state index >= 15 is 0 Å². The van der Waals surface area contributed by atoms with Crippen molar-refractivity contribution in [3.05, 3.63) is 0 Å². The topological polar surface area (TPSA) is 43.9 Å². The van der Waals surface area contributed by atoms with E-state index in [-0.39, 0.29) is 6.03 Å². The normalized spacial score (nSPS) is 24.4. The Labute approximate surface area is 83.2 Å². The molecule has 78 valence electrons. The largest absolute Gasteiger partial charge is 0.341 e. The number of hydrazine groups is 1. The van der Waals surface area contributed by atoms with Crippen molar-refractivity contribution >= 4 is 12.4 Å². The Morgan fingerprint density at radius 2 is 1.71 bits per heavy atom. The van der Waals surface area contributed by atoms with Crippen LogP contribution in [0, 0.1) is 0 Å². The Kier molecular flexibility index (Phi) is 2.67. The van der Waals surface area contributed by atoms with E-state index < -0.39 is 0 Å². The summed E-state index contributed by atoms with van der Waals surface area (Å²) >= 11 is 0. The van der Waals surface area contributed by atoms with E-state index in [1.54, 1.807) is 5.01 Å². The van der Waals surface area contributed by atoms with Gasteiger partial charge in [-0.2, -0.15) is 0 Å². The molecule has 0 unspecified atom stereocenters. The zero-order valence-electron chi connectivity index (χ0n) is 8.19. The van der Waals surface area contributed by atoms with Gasteiger partial charge in [0.15, 0.2) is 0 Å². The van der Waals surface area contributed by atoms with Crippen molar-refractivity contribution in [2.24, 2.45) is 0 Å². The van der Waals surface area contributed by atoms with Crippen LogP contribution in [-0.2, 0) is 4.79 Å². The van der Waals surface area contributed by atoms with E-state index in [0.29, 0.717) is 19.5 Å². The number of carbonyl (C=O) groups excluding carboxylic acids is 2. The molecule has 5 heteroatoms. The summed E-state index contributed by atoms with van der Waals surface area (Å²) in [5, 5.41) is 3.77. The van der Waals surface area contributed by atoms with E-state index in [9.17, 15) is 9.59 Å². The smallest absolute Gasteiger partial charge is 0.278 e. The fourth-order valence-corrected chi connectivity index (χ4v) is 2.02. The van der Waals surface area contributed by atoms with Gasteiger partial charge in [0.25, 0.3) is 0 Å². The van der Waals surface area contributed by atoms with Crippen molar-refractivity contribution in [1.82, 2.24) is 14.9 Å². The van der Waals surface area contributed by atoms with Crippen LogP contribution in [0.15, 0.2) is 0 Å². The molecule has 2 rings (SSSR count). The van der Waals surface area contributed by atoms with Crippen molar-refractivity contribution in [2.45, 2.75) is 19.3 Å². The van der Waals surface area contributed by atoms with Crippen molar-refractivity contribution in [3.63, 3.8) is 0 Å². The maximum atomic E-state index is 11.6. The molecule has 0 atom stereocenters. The van der Waals surface area contributed by atoms with Crippen molar-refractivity contribution < 1.29 is 9.59 Å². The number of nitrogens with zero attached hydrogens (tertiary/aromatic N) is 3. The van der Waals surface area contributed by atoms with Crippen molar-refractivity contribution in [3.8, 4) is 0 Å². The molecule has 2 saturated heterocycles. The third-order valence-electron chi connectivity index (χ3n) is 2.82. The highest BCUT2D eigenvalue weighted by Crippen LogP contribution is 2.16. The molecule has 2 fully saturated rings. The Morgan fingerprint density at radius 3 is 2.29 bits per heavy atom. The summed E-state index contributed by atoms with van der Waals surface area (Å²) in [6, 6.07) is -0.165. The maximum Gasteiger partial charge on any atom is 0.341 e. The van der Waals surface area contributed by atoms with Crippen LogP contribution in [0.2, 0.25) is 0 Å². The number of piperidine rings is 1. The van der Waals surface area contributed by atoms with Gasteiger partial charge in [0, 0.05) is 19.6 Å². The molecule has 5 nitrogen and oxygen atoms in total. The summed E-state index contributed by atoms with van der Waals surface area (Å²) in [5.74, 6) is 0. The quantitative estimate of drug-likeness (QED) is 0.597. The summed E-state index contributed by atoms with van der Waals surface area (Å²) in [6.07, 6.45) is 4.15. The number of imide groups is 1. The highest BCUT2D eigenvalue weighted by atomic mass is 16.2. The Hall–Kier alpha value is -1.10. The van der Waals surface area contributed by atoms with Gasteiger partial charge >= 0.3 is 6.03 Å². The molecule has 0 aromatic heterocycles. The lowest BCUT2D eigenvalue weighted by molar-refractivity contribution is -0.115. The molecular formula is C9H15N3O2. The molecular weight excluding hydrogens is 182 g/mol. The van der Waals surface area contributed by atoms with Crippen molar-refractivity contribution in [1.29, 1.82) is 0 Å². The van der Waals surface area contributed by atoms with E-state index in [1.807, 2.05) is 0 Å². The van der Waals surface area contributed by atoms with Gasteiger partial charge in [0.05, 0.1) is 6.54 Å². The van der Waals surface area contributed by atoms with E-state index in [4.69, 9.17) is 0 Å². The lowest BCUT2D eigenvalue weighted by Crippen LogP contribution is -2.47. The first kappa shape index (κ1) is 9.45. The van der Waals surface area contributed by atoms with Crippen LogP contribution < -0.4 is 0 Å². The third kappa shape index (κ3) is 1.59. The minimum atomic E-state index is -0.165. The first-order valence-electron chi connectivity index (χ1n) is 5.11. The molecule has 0 aromatic rings. The van der Waals surface area contributed by atoms with Gasteiger partial charge < -0.3 is 0 Å². The van der Waals surface area contributed by atoms with Gasteiger partial charge in [-0.3, -0.25) is 14.7 Å². The van der Waals surface area contributed by atoms with Crippen LogP contribution in [-0.4, -0.2) is 53.5 Å². The Bertz CT molecular complexity index is 238. The minimum Gasteiger partial charge on any atom is -0.278 e. The predicted octanol–water partition coefficient (Wildman–Crippen LogP) is 0.281. The number of hydrogen-bond donors (Lipinski definition) is 0. The summed E-state index contributed by atoms with van der Waals surface area (Å²) in [6.45, 7) is 3.06. The van der Waals surface area contributed by atoms with Gasteiger partial charge in [0.2, 0.25) is 6.41 Å². The second-order valence-electron chi connectivity index (χ2n) is 3.72. The molecule has 14 heavy (non-hydrogen) atoms. The first-order chi connectivity index (χ1) is 6.83. The monoisotopic (exact) mass is 197 g/mol. The standard InChI is InChI=1S/C9H15N3O2/c13-8-10-6-7-12(9(10)14)11-4-2-1-3-5-11/h8H,1-7H2. The van der Waals surface area contributed by atoms with Gasteiger partial charge in [-0.15, -0.1) is 0 Å². The second-order valence-corrected chi connectivity index (χ2v) is 3.72. The van der Waals surface area contributed by atoms with E-state index in [2.05, 4.69) is 5.01 Å². The minimum absolute atomic E-state index is 0.165. The molecule has 2 aliphatic heterocycles. The lowest BCUT2D eigenvalue weighted by atomic mass is 10.2. The van der Waals surface area contributed by atoms with Crippen LogP contribution in [0.1, 0.15) is 19.3 Å². The molecule has 2 aliphatic rings. The molecule has 0 saturated carbocycles. The second kappa shape index (κ2) is 3.96. The number of rotatable bonds is 2. The zero-order valence-corrected chi connectivity index (χ0v) is 8.19. The van der Waals surface area contributed by atoms with Crippen LogP contribution in [0.3, 0.4) is 0 Å². The maximum absolute atomic E-state index is 11.6. The fourth-order valence-electron chi connectivity index (χ4n) is 2.02. The molecule has 3 amide bonds. The van der Waals surface area contributed by atoms with Crippen LogP contribution >= 0.6 is 0 Å². The summed E-state index contributed by atoms with van der Waals surface area (Å²) in [5.41, 5.74) is 0. The van der Waals surface area contributed by atoms with Crippen LogP contribution in [0.5, 0.6) is 0 Å². The number of urea groups is 1. The number of hydrogen-bond acceptors (Lipinski definition) is 3. The SMILES string of the molecule is O=CN1CCN(N2CCCCC2)C1=O. The zero-order chi connectivity index (χ0) is 9.97. The average molecular weight is 197 g/mol.